The number of thiocarbonyl (C=S) groups is 1. The normalized spacial score (nSPS) is 21.7. The molecule has 2 amide bonds. The third-order valence-corrected chi connectivity index (χ3v) is 6.85. The van der Waals surface area contributed by atoms with Crippen LogP contribution in [0.25, 0.3) is 0 Å². The lowest BCUT2D eigenvalue weighted by Crippen LogP contribution is -2.50. The Morgan fingerprint density at radius 2 is 1.79 bits per heavy atom. The van der Waals surface area contributed by atoms with Crippen LogP contribution in [0.4, 0.5) is 5.69 Å². The van der Waals surface area contributed by atoms with Crippen molar-refractivity contribution in [2.45, 2.75) is 70.1 Å². The Bertz CT molecular complexity index is 1010. The molecule has 0 bridgehead atoms. The van der Waals surface area contributed by atoms with Crippen molar-refractivity contribution >= 4 is 34.8 Å². The van der Waals surface area contributed by atoms with Gasteiger partial charge in [-0.25, -0.2) is 0 Å². The molecule has 2 unspecified atom stereocenters. The van der Waals surface area contributed by atoms with E-state index in [1.54, 1.807) is 12.4 Å². The van der Waals surface area contributed by atoms with Crippen LogP contribution in [0.15, 0.2) is 48.8 Å². The predicted octanol–water partition coefficient (Wildman–Crippen LogP) is 3.79. The predicted molar refractivity (Wildman–Crippen MR) is 133 cm³/mol. The smallest absolute Gasteiger partial charge is 0.254 e. The zero-order chi connectivity index (χ0) is 23.6. The number of nitrogens with zero attached hydrogens (tertiary/aromatic N) is 2. The maximum absolute atomic E-state index is 13.0. The number of amides is 2. The van der Waals surface area contributed by atoms with Crippen LogP contribution in [-0.2, 0) is 4.79 Å². The topological polar surface area (TPSA) is 86.4 Å². The highest BCUT2D eigenvalue weighted by Gasteiger charge is 2.50. The minimum Gasteiger partial charge on any atom is -0.348 e. The SMILES string of the molecule is CC1CCC(C)N1C(=O)c1ccc([C@@H](C)NC(=O)C2(NC(=S)Nc3cccnc3)CC2)cc1. The number of carbonyl (C=O) groups is 2. The Labute approximate surface area is 200 Å². The van der Waals surface area contributed by atoms with Crippen LogP contribution < -0.4 is 16.0 Å². The molecule has 4 rings (SSSR count). The van der Waals surface area contributed by atoms with Gasteiger partial charge in [-0.05, 0) is 88.5 Å². The lowest BCUT2D eigenvalue weighted by Gasteiger charge is -2.26. The van der Waals surface area contributed by atoms with E-state index in [9.17, 15) is 9.59 Å². The van der Waals surface area contributed by atoms with E-state index in [2.05, 4.69) is 34.8 Å². The molecule has 7 nitrogen and oxygen atoms in total. The molecule has 8 heteroatoms. The lowest BCUT2D eigenvalue weighted by molar-refractivity contribution is -0.124. The van der Waals surface area contributed by atoms with E-state index in [1.807, 2.05) is 48.2 Å². The minimum absolute atomic E-state index is 0.0755. The summed E-state index contributed by atoms with van der Waals surface area (Å²) in [5.41, 5.74) is 1.73. The Balaban J connectivity index is 1.34. The molecule has 1 aromatic heterocycles. The van der Waals surface area contributed by atoms with Crippen molar-refractivity contribution in [3.8, 4) is 0 Å². The highest BCUT2D eigenvalue weighted by atomic mass is 32.1. The summed E-state index contributed by atoms with van der Waals surface area (Å²) in [5, 5.41) is 9.72. The third-order valence-electron chi connectivity index (χ3n) is 6.65. The first-order valence-electron chi connectivity index (χ1n) is 11.5. The second kappa shape index (κ2) is 9.47. The van der Waals surface area contributed by atoms with Crippen molar-refractivity contribution < 1.29 is 9.59 Å². The quantitative estimate of drug-likeness (QED) is 0.563. The van der Waals surface area contributed by atoms with Gasteiger partial charge >= 0.3 is 0 Å². The molecule has 2 aliphatic rings. The van der Waals surface area contributed by atoms with Gasteiger partial charge in [0.25, 0.3) is 5.91 Å². The summed E-state index contributed by atoms with van der Waals surface area (Å²) in [6.45, 7) is 6.15. The number of hydrogen-bond donors (Lipinski definition) is 3. The fourth-order valence-electron chi connectivity index (χ4n) is 4.43. The molecule has 3 atom stereocenters. The number of nitrogens with one attached hydrogen (secondary N) is 3. The number of aromatic nitrogens is 1. The number of carbonyl (C=O) groups excluding carboxylic acids is 2. The van der Waals surface area contributed by atoms with Gasteiger partial charge in [0, 0.05) is 23.8 Å². The Hall–Kier alpha value is -3.00. The van der Waals surface area contributed by atoms with Crippen molar-refractivity contribution in [1.29, 1.82) is 0 Å². The van der Waals surface area contributed by atoms with Gasteiger partial charge in [-0.1, -0.05) is 12.1 Å². The van der Waals surface area contributed by atoms with Crippen molar-refractivity contribution in [2.24, 2.45) is 0 Å². The number of likely N-dealkylation sites (tertiary alicyclic amines) is 1. The zero-order valence-corrected chi connectivity index (χ0v) is 20.1. The number of benzene rings is 1. The fraction of sp³-hybridized carbons (Fsp3) is 0.440. The van der Waals surface area contributed by atoms with Crippen molar-refractivity contribution in [3.05, 3.63) is 59.9 Å². The van der Waals surface area contributed by atoms with Crippen LogP contribution in [0.5, 0.6) is 0 Å². The van der Waals surface area contributed by atoms with Crippen molar-refractivity contribution in [3.63, 3.8) is 0 Å². The van der Waals surface area contributed by atoms with Gasteiger partial charge in [-0.2, -0.15) is 0 Å². The summed E-state index contributed by atoms with van der Waals surface area (Å²) in [5.74, 6) is -0.00305. The largest absolute Gasteiger partial charge is 0.348 e. The van der Waals surface area contributed by atoms with E-state index in [0.29, 0.717) is 10.7 Å². The molecule has 2 fully saturated rings. The number of hydrogen-bond acceptors (Lipinski definition) is 4. The highest BCUT2D eigenvalue weighted by Crippen LogP contribution is 2.36. The molecule has 1 aromatic carbocycles. The maximum Gasteiger partial charge on any atom is 0.254 e. The fourth-order valence-corrected chi connectivity index (χ4v) is 4.74. The maximum atomic E-state index is 13.0. The van der Waals surface area contributed by atoms with Crippen LogP contribution >= 0.6 is 12.2 Å². The molecule has 2 aromatic rings. The highest BCUT2D eigenvalue weighted by molar-refractivity contribution is 7.80. The van der Waals surface area contributed by atoms with Gasteiger partial charge in [0.2, 0.25) is 5.91 Å². The minimum atomic E-state index is -0.682. The molecule has 1 saturated heterocycles. The van der Waals surface area contributed by atoms with Gasteiger partial charge in [0.15, 0.2) is 5.11 Å². The van der Waals surface area contributed by atoms with E-state index in [1.165, 1.54) is 0 Å². The van der Waals surface area contributed by atoms with E-state index in [-0.39, 0.29) is 29.9 Å². The number of pyridine rings is 1. The molecule has 3 N–H and O–H groups in total. The van der Waals surface area contributed by atoms with E-state index in [0.717, 1.165) is 36.9 Å². The molecule has 0 radical (unpaired) electrons. The first kappa shape index (κ1) is 23.2. The second-order valence-corrected chi connectivity index (χ2v) is 9.62. The summed E-state index contributed by atoms with van der Waals surface area (Å²) in [7, 11) is 0. The molecule has 1 saturated carbocycles. The molecule has 1 aliphatic heterocycles. The molecule has 33 heavy (non-hydrogen) atoms. The van der Waals surface area contributed by atoms with Crippen molar-refractivity contribution in [1.82, 2.24) is 20.5 Å². The molecule has 174 valence electrons. The number of rotatable bonds is 6. The monoisotopic (exact) mass is 465 g/mol. The van der Waals surface area contributed by atoms with Gasteiger partial charge < -0.3 is 20.9 Å². The molecule has 0 spiro atoms. The average molecular weight is 466 g/mol. The average Bonchev–Trinajstić information content (AvgIpc) is 3.51. The summed E-state index contributed by atoms with van der Waals surface area (Å²) in [6, 6.07) is 11.6. The van der Waals surface area contributed by atoms with E-state index < -0.39 is 5.54 Å². The Morgan fingerprint density at radius 3 is 2.36 bits per heavy atom. The third kappa shape index (κ3) is 5.16. The lowest BCUT2D eigenvalue weighted by atomic mass is 10.0. The Kier molecular flexibility index (Phi) is 6.65. The van der Waals surface area contributed by atoms with Gasteiger partial charge in [0.05, 0.1) is 17.9 Å². The first-order chi connectivity index (χ1) is 15.8. The standard InChI is InChI=1S/C25H31N5O2S/c1-16-6-7-17(2)30(16)22(31)20-10-8-19(9-11-20)18(3)27-23(32)25(12-13-25)29-24(33)28-21-5-4-14-26-15-21/h4-5,8-11,14-18H,6-7,12-13H2,1-3H3,(H,27,32)(H2,28,29,33)/t16?,17?,18-/m1/s1. The second-order valence-electron chi connectivity index (χ2n) is 9.21. The molecular formula is C25H31N5O2S. The van der Waals surface area contributed by atoms with Crippen LogP contribution in [0.3, 0.4) is 0 Å². The first-order valence-corrected chi connectivity index (χ1v) is 11.9. The van der Waals surface area contributed by atoms with E-state index in [4.69, 9.17) is 12.2 Å². The molecule has 2 heterocycles. The summed E-state index contributed by atoms with van der Waals surface area (Å²) >= 11 is 5.39. The summed E-state index contributed by atoms with van der Waals surface area (Å²) < 4.78 is 0. The van der Waals surface area contributed by atoms with E-state index >= 15 is 0 Å². The van der Waals surface area contributed by atoms with Crippen LogP contribution in [-0.4, -0.2) is 44.4 Å². The van der Waals surface area contributed by atoms with Crippen LogP contribution in [0.2, 0.25) is 0 Å². The summed E-state index contributed by atoms with van der Waals surface area (Å²) in [6.07, 6.45) is 6.90. The van der Waals surface area contributed by atoms with Gasteiger partial charge in [0.1, 0.15) is 5.54 Å². The van der Waals surface area contributed by atoms with Gasteiger partial charge in [-0.3, -0.25) is 14.6 Å². The summed E-state index contributed by atoms with van der Waals surface area (Å²) in [4.78, 5) is 31.9. The molecule has 1 aliphatic carbocycles. The van der Waals surface area contributed by atoms with Gasteiger partial charge in [-0.15, -0.1) is 0 Å². The number of anilines is 1. The zero-order valence-electron chi connectivity index (χ0n) is 19.3. The Morgan fingerprint density at radius 1 is 1.12 bits per heavy atom. The van der Waals surface area contributed by atoms with Crippen LogP contribution in [0.1, 0.15) is 68.4 Å². The molecular weight excluding hydrogens is 434 g/mol. The van der Waals surface area contributed by atoms with Crippen molar-refractivity contribution in [2.75, 3.05) is 5.32 Å². The van der Waals surface area contributed by atoms with Crippen LogP contribution in [0, 0.1) is 0 Å².